The smallest absolute Gasteiger partial charge is 0.243 e. The third kappa shape index (κ3) is 3.65. The van der Waals surface area contributed by atoms with Crippen molar-refractivity contribution in [3.05, 3.63) is 53.6 Å². The first-order valence-electron chi connectivity index (χ1n) is 9.86. The molecule has 0 unspecified atom stereocenters. The highest BCUT2D eigenvalue weighted by Crippen LogP contribution is 2.40. The fraction of sp³-hybridized carbons (Fsp3) is 0.409. The minimum absolute atomic E-state index is 0.0769. The Morgan fingerprint density at radius 3 is 2.41 bits per heavy atom. The number of nitrogens with zero attached hydrogens (tertiary/aromatic N) is 1. The van der Waals surface area contributed by atoms with Gasteiger partial charge in [-0.25, -0.2) is 8.42 Å². The fourth-order valence-electron chi connectivity index (χ4n) is 4.07. The van der Waals surface area contributed by atoms with E-state index in [1.54, 1.807) is 31.4 Å². The molecule has 1 fully saturated rings. The van der Waals surface area contributed by atoms with Crippen LogP contribution in [0.2, 0.25) is 0 Å². The molecule has 1 spiro atoms. The van der Waals surface area contributed by atoms with Crippen LogP contribution in [0.4, 0.5) is 0 Å². The number of hydrogen-bond acceptors (Lipinski definition) is 5. The second kappa shape index (κ2) is 7.46. The van der Waals surface area contributed by atoms with Gasteiger partial charge in [-0.15, -0.1) is 0 Å². The van der Waals surface area contributed by atoms with Crippen LogP contribution in [0.5, 0.6) is 11.5 Å². The maximum absolute atomic E-state index is 13.0. The zero-order valence-corrected chi connectivity index (χ0v) is 17.5. The van der Waals surface area contributed by atoms with Crippen molar-refractivity contribution >= 4 is 15.8 Å². The summed E-state index contributed by atoms with van der Waals surface area (Å²) < 4.78 is 38.8. The number of ketones is 1. The highest BCUT2D eigenvalue weighted by atomic mass is 32.2. The highest BCUT2D eigenvalue weighted by molar-refractivity contribution is 7.89. The van der Waals surface area contributed by atoms with Crippen molar-refractivity contribution in [2.75, 3.05) is 20.2 Å². The van der Waals surface area contributed by atoms with Crippen molar-refractivity contribution in [2.45, 2.75) is 43.1 Å². The molecule has 0 aliphatic carbocycles. The molecule has 154 valence electrons. The van der Waals surface area contributed by atoms with Crippen molar-refractivity contribution in [3.63, 3.8) is 0 Å². The first-order chi connectivity index (χ1) is 13.9. The van der Waals surface area contributed by atoms with Crippen LogP contribution in [0.25, 0.3) is 0 Å². The molecule has 2 aromatic carbocycles. The van der Waals surface area contributed by atoms with Gasteiger partial charge in [-0.05, 0) is 48.4 Å². The van der Waals surface area contributed by atoms with E-state index in [4.69, 9.17) is 9.47 Å². The third-order valence-electron chi connectivity index (χ3n) is 5.89. The number of aryl methyl sites for hydroxylation is 1. The summed E-state index contributed by atoms with van der Waals surface area (Å²) in [5.74, 6) is 1.30. The summed E-state index contributed by atoms with van der Waals surface area (Å²) in [6, 6.07) is 12.2. The van der Waals surface area contributed by atoms with E-state index in [2.05, 4.69) is 6.92 Å². The van der Waals surface area contributed by atoms with Gasteiger partial charge in [0.1, 0.15) is 17.1 Å². The van der Waals surface area contributed by atoms with Crippen molar-refractivity contribution < 1.29 is 22.7 Å². The molecule has 0 atom stereocenters. The van der Waals surface area contributed by atoms with Crippen LogP contribution < -0.4 is 9.47 Å². The molecule has 7 heteroatoms. The lowest BCUT2D eigenvalue weighted by atomic mass is 9.82. The SMILES string of the molecule is CCc1ccc2c(c1)C(=O)CC1(CCN(S(=O)(=O)c3ccc(OC)cc3)CC1)O2. The summed E-state index contributed by atoms with van der Waals surface area (Å²) in [5, 5.41) is 0. The Labute approximate surface area is 171 Å². The molecule has 6 nitrogen and oxygen atoms in total. The summed E-state index contributed by atoms with van der Waals surface area (Å²) in [6.07, 6.45) is 2.14. The van der Waals surface area contributed by atoms with Gasteiger partial charge in [-0.1, -0.05) is 13.0 Å². The van der Waals surface area contributed by atoms with Crippen molar-refractivity contribution in [1.82, 2.24) is 4.31 Å². The molecule has 2 heterocycles. The molecule has 2 aliphatic heterocycles. The van der Waals surface area contributed by atoms with Crippen LogP contribution in [0.15, 0.2) is 47.4 Å². The Morgan fingerprint density at radius 2 is 1.79 bits per heavy atom. The van der Waals surface area contributed by atoms with Gasteiger partial charge in [0.05, 0.1) is 24.0 Å². The molecule has 0 aromatic heterocycles. The maximum Gasteiger partial charge on any atom is 0.243 e. The Bertz CT molecular complexity index is 1020. The van der Waals surface area contributed by atoms with Gasteiger partial charge in [-0.3, -0.25) is 4.79 Å². The number of rotatable bonds is 4. The molecule has 29 heavy (non-hydrogen) atoms. The topological polar surface area (TPSA) is 72.9 Å². The average Bonchev–Trinajstić information content (AvgIpc) is 2.74. The number of fused-ring (bicyclic) bond motifs is 1. The highest BCUT2D eigenvalue weighted by Gasteiger charge is 2.45. The molecule has 0 N–H and O–H groups in total. The third-order valence-corrected chi connectivity index (χ3v) is 7.81. The van der Waals surface area contributed by atoms with E-state index in [1.165, 1.54) is 4.31 Å². The number of methoxy groups -OCH3 is 1. The quantitative estimate of drug-likeness (QED) is 0.765. The summed E-state index contributed by atoms with van der Waals surface area (Å²) >= 11 is 0. The molecule has 2 aliphatic rings. The Morgan fingerprint density at radius 1 is 1.10 bits per heavy atom. The minimum Gasteiger partial charge on any atom is -0.497 e. The Balaban J connectivity index is 1.50. The molecule has 1 saturated heterocycles. The number of piperidine rings is 1. The van der Waals surface area contributed by atoms with E-state index < -0.39 is 15.6 Å². The minimum atomic E-state index is -3.59. The lowest BCUT2D eigenvalue weighted by molar-refractivity contribution is 0.00588. The predicted molar refractivity (Wildman–Crippen MR) is 109 cm³/mol. The van der Waals surface area contributed by atoms with Crippen molar-refractivity contribution in [2.24, 2.45) is 0 Å². The van der Waals surface area contributed by atoms with E-state index in [0.29, 0.717) is 49.4 Å². The van der Waals surface area contributed by atoms with Crippen LogP contribution in [-0.2, 0) is 16.4 Å². The van der Waals surface area contributed by atoms with E-state index in [-0.39, 0.29) is 10.7 Å². The normalized spacial score (nSPS) is 18.9. The number of hydrogen-bond donors (Lipinski definition) is 0. The summed E-state index contributed by atoms with van der Waals surface area (Å²) in [5.41, 5.74) is 1.13. The van der Waals surface area contributed by atoms with E-state index in [0.717, 1.165) is 12.0 Å². The van der Waals surface area contributed by atoms with Crippen LogP contribution >= 0.6 is 0 Å². The zero-order valence-electron chi connectivity index (χ0n) is 16.7. The molecule has 2 aromatic rings. The zero-order chi connectivity index (χ0) is 20.6. The molecule has 0 saturated carbocycles. The summed E-state index contributed by atoms with van der Waals surface area (Å²) in [7, 11) is -2.05. The number of sulfonamides is 1. The van der Waals surface area contributed by atoms with Gasteiger partial charge >= 0.3 is 0 Å². The van der Waals surface area contributed by atoms with E-state index in [9.17, 15) is 13.2 Å². The van der Waals surface area contributed by atoms with E-state index >= 15 is 0 Å². The van der Waals surface area contributed by atoms with Gasteiger partial charge in [0.25, 0.3) is 0 Å². The molecule has 0 amide bonds. The fourth-order valence-corrected chi connectivity index (χ4v) is 5.51. The van der Waals surface area contributed by atoms with Crippen LogP contribution in [-0.4, -0.2) is 44.3 Å². The molecular formula is C22H25NO5S. The number of carbonyl (C=O) groups is 1. The van der Waals surface area contributed by atoms with E-state index in [1.807, 2.05) is 18.2 Å². The summed E-state index contributed by atoms with van der Waals surface area (Å²) in [6.45, 7) is 2.70. The number of ether oxygens (including phenoxy) is 2. The van der Waals surface area contributed by atoms with Crippen LogP contribution in [0, 0.1) is 0 Å². The standard InChI is InChI=1S/C22H25NO5S/c1-3-16-4-9-21-19(14-16)20(24)15-22(28-21)10-12-23(13-11-22)29(25,26)18-7-5-17(27-2)6-8-18/h4-9,14H,3,10-13,15H2,1-2H3. The summed E-state index contributed by atoms with van der Waals surface area (Å²) in [4.78, 5) is 13.0. The number of benzene rings is 2. The van der Waals surface area contributed by atoms with Gasteiger partial charge in [0.15, 0.2) is 5.78 Å². The molecular weight excluding hydrogens is 390 g/mol. The van der Waals surface area contributed by atoms with Gasteiger partial charge in [-0.2, -0.15) is 4.31 Å². The number of carbonyl (C=O) groups excluding carboxylic acids is 1. The number of Topliss-reactive ketones (excluding diaryl/α,β-unsaturated/α-hetero) is 1. The van der Waals surface area contributed by atoms with Crippen LogP contribution in [0.1, 0.15) is 42.1 Å². The monoisotopic (exact) mass is 415 g/mol. The molecule has 4 rings (SSSR count). The Kier molecular flexibility index (Phi) is 5.12. The average molecular weight is 416 g/mol. The van der Waals surface area contributed by atoms with Crippen LogP contribution in [0.3, 0.4) is 0 Å². The van der Waals surface area contributed by atoms with Gasteiger partial charge in [0.2, 0.25) is 10.0 Å². The second-order valence-corrected chi connectivity index (χ2v) is 9.59. The molecule has 0 radical (unpaired) electrons. The van der Waals surface area contributed by atoms with Gasteiger partial charge in [0, 0.05) is 25.9 Å². The second-order valence-electron chi connectivity index (χ2n) is 7.65. The maximum atomic E-state index is 13.0. The first kappa shape index (κ1) is 19.9. The first-order valence-corrected chi connectivity index (χ1v) is 11.3. The predicted octanol–water partition coefficient (Wildman–Crippen LogP) is 3.45. The van der Waals surface area contributed by atoms with Crippen molar-refractivity contribution in [1.29, 1.82) is 0 Å². The largest absolute Gasteiger partial charge is 0.497 e. The lowest BCUT2D eigenvalue weighted by Gasteiger charge is -2.43. The molecule has 0 bridgehead atoms. The van der Waals surface area contributed by atoms with Gasteiger partial charge < -0.3 is 9.47 Å². The lowest BCUT2D eigenvalue weighted by Crippen LogP contribution is -2.52. The van der Waals surface area contributed by atoms with Crippen molar-refractivity contribution in [3.8, 4) is 11.5 Å². The Hall–Kier alpha value is -2.38.